The first kappa shape index (κ1) is 12.2. The van der Waals surface area contributed by atoms with Crippen LogP contribution >= 0.6 is 0 Å². The Bertz CT molecular complexity index is 370. The Hall–Kier alpha value is -1.86. The number of hydrogen-bond acceptors (Lipinski definition) is 3. The molecule has 3 N–H and O–H groups in total. The molecule has 84 valence electrons. The highest BCUT2D eigenvalue weighted by Crippen LogP contribution is 1.93. The number of amides is 1. The maximum Gasteiger partial charge on any atom is 0.237 e. The number of nitrogens with one attached hydrogen (secondary N) is 1. The van der Waals surface area contributed by atoms with E-state index in [-0.39, 0.29) is 12.3 Å². The van der Waals surface area contributed by atoms with Gasteiger partial charge < -0.3 is 11.1 Å². The lowest BCUT2D eigenvalue weighted by Gasteiger charge is -2.09. The molecular formula is C12H15N3O. The van der Waals surface area contributed by atoms with Crippen LogP contribution < -0.4 is 11.1 Å². The summed E-state index contributed by atoms with van der Waals surface area (Å²) in [6.07, 6.45) is 7.74. The van der Waals surface area contributed by atoms with Gasteiger partial charge in [-0.15, -0.1) is 12.3 Å². The average molecular weight is 217 g/mol. The van der Waals surface area contributed by atoms with Crippen molar-refractivity contribution < 1.29 is 4.79 Å². The molecular weight excluding hydrogens is 202 g/mol. The normalized spacial score (nSPS) is 11.5. The van der Waals surface area contributed by atoms with Crippen molar-refractivity contribution in [3.8, 4) is 12.3 Å². The SMILES string of the molecule is C#CCC(N)C(=O)NCCc1ccccn1. The van der Waals surface area contributed by atoms with E-state index in [1.54, 1.807) is 6.20 Å². The predicted octanol–water partition coefficient (Wildman–Crippen LogP) is 0.0909. The van der Waals surface area contributed by atoms with Crippen LogP contribution in [0.3, 0.4) is 0 Å². The lowest BCUT2D eigenvalue weighted by molar-refractivity contribution is -0.122. The molecule has 16 heavy (non-hydrogen) atoms. The lowest BCUT2D eigenvalue weighted by Crippen LogP contribution is -2.41. The molecule has 1 heterocycles. The van der Waals surface area contributed by atoms with Crippen LogP contribution in [0.2, 0.25) is 0 Å². The number of nitrogens with two attached hydrogens (primary N) is 1. The lowest BCUT2D eigenvalue weighted by atomic mass is 10.2. The quantitative estimate of drug-likeness (QED) is 0.687. The van der Waals surface area contributed by atoms with Gasteiger partial charge in [-0.05, 0) is 12.1 Å². The van der Waals surface area contributed by atoms with Crippen molar-refractivity contribution >= 4 is 5.91 Å². The molecule has 1 amide bonds. The summed E-state index contributed by atoms with van der Waals surface area (Å²) >= 11 is 0. The molecule has 0 saturated carbocycles. The molecule has 4 heteroatoms. The highest BCUT2D eigenvalue weighted by atomic mass is 16.2. The minimum absolute atomic E-state index is 0.214. The van der Waals surface area contributed by atoms with E-state index in [1.165, 1.54) is 0 Å². The van der Waals surface area contributed by atoms with Crippen molar-refractivity contribution in [1.29, 1.82) is 0 Å². The van der Waals surface area contributed by atoms with Crippen molar-refractivity contribution in [2.45, 2.75) is 18.9 Å². The van der Waals surface area contributed by atoms with Crippen LogP contribution in [-0.4, -0.2) is 23.5 Å². The van der Waals surface area contributed by atoms with Gasteiger partial charge in [0.15, 0.2) is 0 Å². The first-order valence-electron chi connectivity index (χ1n) is 5.10. The number of carbonyl (C=O) groups excluding carboxylic acids is 1. The van der Waals surface area contributed by atoms with Gasteiger partial charge in [-0.2, -0.15) is 0 Å². The highest BCUT2D eigenvalue weighted by Gasteiger charge is 2.10. The Morgan fingerprint density at radius 1 is 1.62 bits per heavy atom. The Kier molecular flexibility index (Phi) is 5.03. The molecule has 0 fully saturated rings. The zero-order chi connectivity index (χ0) is 11.8. The molecule has 1 aromatic rings. The van der Waals surface area contributed by atoms with Crippen molar-refractivity contribution in [3.63, 3.8) is 0 Å². The Morgan fingerprint density at radius 3 is 3.06 bits per heavy atom. The topological polar surface area (TPSA) is 68.0 Å². The molecule has 0 aliphatic rings. The fraction of sp³-hybridized carbons (Fsp3) is 0.333. The Labute approximate surface area is 95.3 Å². The van der Waals surface area contributed by atoms with Gasteiger partial charge >= 0.3 is 0 Å². The van der Waals surface area contributed by atoms with E-state index in [0.717, 1.165) is 5.69 Å². The third kappa shape index (κ3) is 4.11. The zero-order valence-electron chi connectivity index (χ0n) is 9.02. The molecule has 1 atom stereocenters. The second-order valence-electron chi connectivity index (χ2n) is 3.38. The number of carbonyl (C=O) groups is 1. The minimum atomic E-state index is -0.617. The van der Waals surface area contributed by atoms with Gasteiger partial charge in [-0.3, -0.25) is 9.78 Å². The monoisotopic (exact) mass is 217 g/mol. The number of rotatable bonds is 5. The van der Waals surface area contributed by atoms with E-state index >= 15 is 0 Å². The average Bonchev–Trinajstić information content (AvgIpc) is 2.30. The van der Waals surface area contributed by atoms with Crippen molar-refractivity contribution in [1.82, 2.24) is 10.3 Å². The number of hydrogen-bond donors (Lipinski definition) is 2. The van der Waals surface area contributed by atoms with Gasteiger partial charge in [0.25, 0.3) is 0 Å². The fourth-order valence-corrected chi connectivity index (χ4v) is 1.21. The smallest absolute Gasteiger partial charge is 0.237 e. The van der Waals surface area contributed by atoms with E-state index in [0.29, 0.717) is 13.0 Å². The van der Waals surface area contributed by atoms with Crippen LogP contribution in [0.25, 0.3) is 0 Å². The van der Waals surface area contributed by atoms with Gasteiger partial charge in [-0.1, -0.05) is 6.07 Å². The maximum atomic E-state index is 11.4. The summed E-state index contributed by atoms with van der Waals surface area (Å²) in [5.41, 5.74) is 6.48. The third-order valence-corrected chi connectivity index (χ3v) is 2.08. The summed E-state index contributed by atoms with van der Waals surface area (Å²) in [7, 11) is 0. The van der Waals surface area contributed by atoms with Crippen LogP contribution in [0, 0.1) is 12.3 Å². The fourth-order valence-electron chi connectivity index (χ4n) is 1.21. The molecule has 0 bridgehead atoms. The van der Waals surface area contributed by atoms with Gasteiger partial charge in [-0.25, -0.2) is 0 Å². The Morgan fingerprint density at radius 2 is 2.44 bits per heavy atom. The maximum absolute atomic E-state index is 11.4. The Balaban J connectivity index is 2.26. The van der Waals surface area contributed by atoms with Crippen molar-refractivity contribution in [2.75, 3.05) is 6.54 Å². The number of terminal acetylenes is 1. The van der Waals surface area contributed by atoms with Gasteiger partial charge in [0, 0.05) is 31.3 Å². The van der Waals surface area contributed by atoms with Crippen LogP contribution in [0.1, 0.15) is 12.1 Å². The summed E-state index contributed by atoms with van der Waals surface area (Å²) in [4.78, 5) is 15.5. The summed E-state index contributed by atoms with van der Waals surface area (Å²) in [6.45, 7) is 0.522. The molecule has 4 nitrogen and oxygen atoms in total. The van der Waals surface area contributed by atoms with Crippen LogP contribution in [0.5, 0.6) is 0 Å². The molecule has 1 aromatic heterocycles. The highest BCUT2D eigenvalue weighted by molar-refractivity contribution is 5.81. The first-order valence-corrected chi connectivity index (χ1v) is 5.10. The van der Waals surface area contributed by atoms with Gasteiger partial charge in [0.2, 0.25) is 5.91 Å². The number of nitrogens with zero attached hydrogens (tertiary/aromatic N) is 1. The van der Waals surface area contributed by atoms with E-state index in [1.807, 2.05) is 18.2 Å². The molecule has 0 aliphatic heterocycles. The molecule has 0 radical (unpaired) electrons. The van der Waals surface area contributed by atoms with E-state index < -0.39 is 6.04 Å². The molecule has 0 aliphatic carbocycles. The second kappa shape index (κ2) is 6.59. The molecule has 0 spiro atoms. The zero-order valence-corrected chi connectivity index (χ0v) is 9.02. The van der Waals surface area contributed by atoms with Crippen LogP contribution in [-0.2, 0) is 11.2 Å². The summed E-state index contributed by atoms with van der Waals surface area (Å²) in [5.74, 6) is 2.14. The first-order chi connectivity index (χ1) is 7.74. The van der Waals surface area contributed by atoms with Gasteiger partial charge in [0.05, 0.1) is 6.04 Å². The largest absolute Gasteiger partial charge is 0.354 e. The van der Waals surface area contributed by atoms with E-state index in [9.17, 15) is 4.79 Å². The van der Waals surface area contributed by atoms with Crippen molar-refractivity contribution in [3.05, 3.63) is 30.1 Å². The number of aromatic nitrogens is 1. The standard InChI is InChI=1S/C12H15N3O/c1-2-5-11(13)12(16)15-9-7-10-6-3-4-8-14-10/h1,3-4,6,8,11H,5,7,9,13H2,(H,15,16). The molecule has 0 saturated heterocycles. The van der Waals surface area contributed by atoms with Crippen molar-refractivity contribution in [2.24, 2.45) is 5.73 Å². The van der Waals surface area contributed by atoms with Crippen LogP contribution in [0.15, 0.2) is 24.4 Å². The predicted molar refractivity (Wildman–Crippen MR) is 62.4 cm³/mol. The van der Waals surface area contributed by atoms with Gasteiger partial charge in [0.1, 0.15) is 0 Å². The second-order valence-corrected chi connectivity index (χ2v) is 3.38. The van der Waals surface area contributed by atoms with E-state index in [4.69, 9.17) is 12.2 Å². The molecule has 1 unspecified atom stereocenters. The molecule has 1 rings (SSSR count). The molecule has 0 aromatic carbocycles. The number of pyridine rings is 1. The third-order valence-electron chi connectivity index (χ3n) is 2.08. The summed E-state index contributed by atoms with van der Waals surface area (Å²) in [5, 5.41) is 2.72. The minimum Gasteiger partial charge on any atom is -0.354 e. The summed E-state index contributed by atoms with van der Waals surface area (Å²) < 4.78 is 0. The van der Waals surface area contributed by atoms with Crippen LogP contribution in [0.4, 0.5) is 0 Å². The van der Waals surface area contributed by atoms with E-state index in [2.05, 4.69) is 16.2 Å². The summed E-state index contributed by atoms with van der Waals surface area (Å²) in [6, 6.07) is 5.06.